The van der Waals surface area contributed by atoms with Gasteiger partial charge in [-0.2, -0.15) is 0 Å². The number of hydrogen-bond donors (Lipinski definition) is 1. The highest BCUT2D eigenvalue weighted by atomic mass is 32.2. The number of likely N-dealkylation sites (tertiary alicyclic amines) is 1. The Labute approximate surface area is 155 Å². The molecule has 2 aliphatic rings. The third-order valence-corrected chi connectivity index (χ3v) is 5.20. The average Bonchev–Trinajstić information content (AvgIpc) is 2.60. The highest BCUT2D eigenvalue weighted by Crippen LogP contribution is 2.28. The van der Waals surface area contributed by atoms with Crippen molar-refractivity contribution in [1.29, 1.82) is 0 Å². The number of nitrogens with zero attached hydrogens (tertiary/aromatic N) is 2. The lowest BCUT2D eigenvalue weighted by Gasteiger charge is -2.39. The topological polar surface area (TPSA) is 110 Å². The van der Waals surface area contributed by atoms with Gasteiger partial charge in [0, 0.05) is 37.2 Å². The maximum Gasteiger partial charge on any atom is 0.307 e. The monoisotopic (exact) mass is 383 g/mol. The number of rotatable bonds is 6. The van der Waals surface area contributed by atoms with Crippen LogP contribution in [-0.2, 0) is 25.6 Å². The van der Waals surface area contributed by atoms with Crippen LogP contribution >= 0.6 is 0 Å². The zero-order valence-electron chi connectivity index (χ0n) is 14.6. The first-order chi connectivity index (χ1) is 12.4. The molecule has 0 bridgehead atoms. The standard InChI is InChI=1S/C17H24N2O6S/c1-3-5-15-14(4-2)19(26(23)24)11-13(25-15)7-9-18-8-6-12(17(21)22)10-16(18)20/h3-5,12-13H,1,6-11H2,2H3,(H,21,22)(H,23,24)/p-1/b14-4+,15-5+. The van der Waals surface area contributed by atoms with E-state index in [4.69, 9.17) is 9.84 Å². The van der Waals surface area contributed by atoms with E-state index in [0.29, 0.717) is 37.4 Å². The molecule has 1 amide bonds. The van der Waals surface area contributed by atoms with E-state index in [1.54, 1.807) is 24.0 Å². The summed E-state index contributed by atoms with van der Waals surface area (Å²) in [4.78, 5) is 24.7. The molecule has 0 aromatic heterocycles. The zero-order valence-corrected chi connectivity index (χ0v) is 15.4. The van der Waals surface area contributed by atoms with E-state index in [-0.39, 0.29) is 18.9 Å². The van der Waals surface area contributed by atoms with Crippen LogP contribution < -0.4 is 0 Å². The molecule has 144 valence electrons. The summed E-state index contributed by atoms with van der Waals surface area (Å²) in [5.41, 5.74) is 0.452. The SMILES string of the molecule is C=C/C=C1/OC(CCN2CCC(C(=O)O)CC2=O)CN(S(=O)[O-])/C1=C/C. The normalized spacial score (nSPS) is 28.2. The second kappa shape index (κ2) is 9.00. The van der Waals surface area contributed by atoms with Crippen molar-refractivity contribution in [2.24, 2.45) is 5.92 Å². The lowest BCUT2D eigenvalue weighted by molar-refractivity contribution is -0.149. The number of carbonyl (C=O) groups is 2. The number of amides is 1. The molecule has 0 aliphatic carbocycles. The van der Waals surface area contributed by atoms with Crippen molar-refractivity contribution < 1.29 is 28.2 Å². The van der Waals surface area contributed by atoms with Crippen LogP contribution in [0.15, 0.2) is 36.3 Å². The molecular formula is C17H23N2O6S-. The molecule has 8 nitrogen and oxygen atoms in total. The number of hydrogen-bond acceptors (Lipinski definition) is 5. The van der Waals surface area contributed by atoms with Gasteiger partial charge in [-0.15, -0.1) is 0 Å². The minimum absolute atomic E-state index is 0.00188. The Morgan fingerprint density at radius 3 is 2.81 bits per heavy atom. The Hall–Kier alpha value is -2.13. The summed E-state index contributed by atoms with van der Waals surface area (Å²) in [5.74, 6) is -1.35. The maximum atomic E-state index is 12.1. The minimum atomic E-state index is -2.44. The van der Waals surface area contributed by atoms with Gasteiger partial charge in [0.25, 0.3) is 0 Å². The van der Waals surface area contributed by atoms with Crippen molar-refractivity contribution in [3.05, 3.63) is 36.3 Å². The van der Waals surface area contributed by atoms with E-state index in [1.807, 2.05) is 0 Å². The fraction of sp³-hybridized carbons (Fsp3) is 0.529. The number of carbonyl (C=O) groups excluding carboxylic acids is 1. The molecule has 0 aromatic rings. The molecule has 2 fully saturated rings. The number of morpholine rings is 1. The van der Waals surface area contributed by atoms with Crippen molar-refractivity contribution in [2.45, 2.75) is 32.3 Å². The molecule has 2 saturated heterocycles. The van der Waals surface area contributed by atoms with Crippen molar-refractivity contribution in [1.82, 2.24) is 9.21 Å². The quantitative estimate of drug-likeness (QED) is 0.690. The number of carboxylic acids is 1. The van der Waals surface area contributed by atoms with Gasteiger partial charge in [-0.05, 0) is 19.4 Å². The van der Waals surface area contributed by atoms with Gasteiger partial charge >= 0.3 is 5.97 Å². The molecule has 0 saturated carbocycles. The summed E-state index contributed by atoms with van der Waals surface area (Å²) in [6.07, 6.45) is 5.24. The molecular weight excluding hydrogens is 360 g/mol. The number of aliphatic carboxylic acids is 1. The molecule has 0 aromatic carbocycles. The van der Waals surface area contributed by atoms with Gasteiger partial charge in [0.15, 0.2) is 0 Å². The van der Waals surface area contributed by atoms with E-state index in [1.165, 1.54) is 10.4 Å². The number of carboxylic acid groups (broad SMARTS) is 1. The third-order valence-electron chi connectivity index (χ3n) is 4.50. The highest BCUT2D eigenvalue weighted by molar-refractivity contribution is 7.76. The van der Waals surface area contributed by atoms with E-state index < -0.39 is 29.3 Å². The van der Waals surface area contributed by atoms with Crippen molar-refractivity contribution in [2.75, 3.05) is 19.6 Å². The molecule has 1 N–H and O–H groups in total. The molecule has 3 unspecified atom stereocenters. The Kier molecular flexibility index (Phi) is 6.98. The van der Waals surface area contributed by atoms with Crippen LogP contribution in [0, 0.1) is 5.92 Å². The van der Waals surface area contributed by atoms with Crippen molar-refractivity contribution >= 4 is 23.1 Å². The van der Waals surface area contributed by atoms with Crippen LogP contribution in [0.3, 0.4) is 0 Å². The van der Waals surface area contributed by atoms with Crippen LogP contribution in [0.5, 0.6) is 0 Å². The molecule has 3 atom stereocenters. The Balaban J connectivity index is 2.00. The number of piperidine rings is 1. The largest absolute Gasteiger partial charge is 0.755 e. The second-order valence-electron chi connectivity index (χ2n) is 6.16. The van der Waals surface area contributed by atoms with Gasteiger partial charge in [0.2, 0.25) is 5.91 Å². The van der Waals surface area contributed by atoms with E-state index >= 15 is 0 Å². The predicted molar refractivity (Wildman–Crippen MR) is 94.1 cm³/mol. The summed E-state index contributed by atoms with van der Waals surface area (Å²) in [6, 6.07) is 0. The summed E-state index contributed by atoms with van der Waals surface area (Å²) in [7, 11) is 0. The minimum Gasteiger partial charge on any atom is -0.755 e. The van der Waals surface area contributed by atoms with Gasteiger partial charge in [0.05, 0.1) is 18.2 Å². The van der Waals surface area contributed by atoms with Crippen molar-refractivity contribution in [3.8, 4) is 0 Å². The third kappa shape index (κ3) is 4.73. The molecule has 2 heterocycles. The summed E-state index contributed by atoms with van der Waals surface area (Å²) in [6.45, 7) is 6.27. The first-order valence-electron chi connectivity index (χ1n) is 8.40. The molecule has 26 heavy (non-hydrogen) atoms. The van der Waals surface area contributed by atoms with Gasteiger partial charge in [-0.3, -0.25) is 18.1 Å². The first-order valence-corrected chi connectivity index (χ1v) is 9.44. The Morgan fingerprint density at radius 2 is 2.27 bits per heavy atom. The van der Waals surface area contributed by atoms with Gasteiger partial charge < -0.3 is 19.3 Å². The van der Waals surface area contributed by atoms with Crippen LogP contribution in [0.4, 0.5) is 0 Å². The van der Waals surface area contributed by atoms with E-state index in [2.05, 4.69) is 6.58 Å². The molecule has 2 rings (SSSR count). The molecule has 9 heteroatoms. The summed E-state index contributed by atoms with van der Waals surface area (Å²) < 4.78 is 30.2. The van der Waals surface area contributed by atoms with Crippen LogP contribution in [0.1, 0.15) is 26.2 Å². The molecule has 2 aliphatic heterocycles. The smallest absolute Gasteiger partial charge is 0.307 e. The highest BCUT2D eigenvalue weighted by Gasteiger charge is 2.32. The maximum absolute atomic E-state index is 12.1. The number of ether oxygens (including phenoxy) is 1. The van der Waals surface area contributed by atoms with E-state index in [0.717, 1.165) is 0 Å². The van der Waals surface area contributed by atoms with Crippen LogP contribution in [0.2, 0.25) is 0 Å². The summed E-state index contributed by atoms with van der Waals surface area (Å²) >= 11 is -2.44. The van der Waals surface area contributed by atoms with Gasteiger partial charge in [-0.1, -0.05) is 18.7 Å². The fourth-order valence-corrected chi connectivity index (χ4v) is 3.76. The fourth-order valence-electron chi connectivity index (χ4n) is 3.12. The lowest BCUT2D eigenvalue weighted by atomic mass is 9.96. The molecule has 0 spiro atoms. The second-order valence-corrected chi connectivity index (χ2v) is 7.03. The Morgan fingerprint density at radius 1 is 1.54 bits per heavy atom. The number of allylic oxidation sites excluding steroid dienone is 3. The first kappa shape index (κ1) is 20.2. The Bertz CT molecular complexity index is 660. The van der Waals surface area contributed by atoms with Crippen molar-refractivity contribution in [3.63, 3.8) is 0 Å². The van der Waals surface area contributed by atoms with Gasteiger partial charge in [0.1, 0.15) is 11.9 Å². The molecule has 0 radical (unpaired) electrons. The van der Waals surface area contributed by atoms with Gasteiger partial charge in [-0.25, -0.2) is 0 Å². The average molecular weight is 383 g/mol. The predicted octanol–water partition coefficient (Wildman–Crippen LogP) is 1.17. The van der Waals surface area contributed by atoms with Crippen LogP contribution in [-0.4, -0.2) is 60.7 Å². The van der Waals surface area contributed by atoms with E-state index in [9.17, 15) is 18.4 Å². The lowest BCUT2D eigenvalue weighted by Crippen LogP contribution is -2.45. The zero-order chi connectivity index (χ0) is 19.3. The van der Waals surface area contributed by atoms with Crippen LogP contribution in [0.25, 0.3) is 0 Å². The summed E-state index contributed by atoms with van der Waals surface area (Å²) in [5, 5.41) is 9.01.